The zero-order valence-electron chi connectivity index (χ0n) is 38.6. The molecule has 0 unspecified atom stereocenters. The minimum absolute atomic E-state index is 0.0629. The molecule has 0 bridgehead atoms. The van der Waals surface area contributed by atoms with Crippen molar-refractivity contribution in [3.63, 3.8) is 0 Å². The highest BCUT2D eigenvalue weighted by Gasteiger charge is 2.50. The number of nitrogens with zero attached hydrogens (tertiary/aromatic N) is 3. The van der Waals surface area contributed by atoms with E-state index in [2.05, 4.69) is 221 Å². The van der Waals surface area contributed by atoms with Crippen LogP contribution in [0.15, 0.2) is 206 Å². The van der Waals surface area contributed by atoms with Crippen LogP contribution in [0.3, 0.4) is 0 Å². The summed E-state index contributed by atoms with van der Waals surface area (Å²) in [6.07, 6.45) is 4.38. The number of benzene rings is 9. The minimum Gasteiger partial charge on any atom is -0.371 e. The zero-order chi connectivity index (χ0) is 45.9. The Balaban J connectivity index is 1.10. The van der Waals surface area contributed by atoms with Crippen molar-refractivity contribution in [2.24, 2.45) is 0 Å². The van der Waals surface area contributed by atoms with Crippen molar-refractivity contribution >= 4 is 104 Å². The third-order valence-electron chi connectivity index (χ3n) is 15.4. The summed E-state index contributed by atoms with van der Waals surface area (Å²) in [5.74, 6) is 0. The van der Waals surface area contributed by atoms with Crippen molar-refractivity contribution in [3.8, 4) is 44.5 Å². The van der Waals surface area contributed by atoms with Crippen LogP contribution >= 0.6 is 22.7 Å². The van der Waals surface area contributed by atoms with Crippen LogP contribution in [0.1, 0.15) is 24.0 Å². The van der Waals surface area contributed by atoms with Gasteiger partial charge in [-0.2, -0.15) is 0 Å². The van der Waals surface area contributed by atoms with Gasteiger partial charge in [0.25, 0.3) is 6.71 Å². The molecule has 0 N–H and O–H groups in total. The van der Waals surface area contributed by atoms with Crippen LogP contribution in [0.25, 0.3) is 64.7 Å². The number of anilines is 7. The van der Waals surface area contributed by atoms with E-state index in [1.54, 1.807) is 0 Å². The van der Waals surface area contributed by atoms with E-state index in [9.17, 15) is 0 Å². The summed E-state index contributed by atoms with van der Waals surface area (Å²) in [7, 11) is 0. The molecule has 0 atom stereocenters. The summed E-state index contributed by atoms with van der Waals surface area (Å²) in [4.78, 5) is 8.30. The van der Waals surface area contributed by atoms with E-state index in [0.717, 1.165) is 38.8 Å². The van der Waals surface area contributed by atoms with Crippen molar-refractivity contribution in [3.05, 3.63) is 217 Å². The second-order valence-corrected chi connectivity index (χ2v) is 21.5. The van der Waals surface area contributed by atoms with Crippen LogP contribution in [0, 0.1) is 0 Å². The maximum atomic E-state index is 2.77. The number of hydrogen-bond acceptors (Lipinski definition) is 5. The molecule has 0 saturated heterocycles. The minimum atomic E-state index is 0.0629. The lowest BCUT2D eigenvalue weighted by molar-refractivity contribution is 0.635. The van der Waals surface area contributed by atoms with Crippen LogP contribution < -0.4 is 29.7 Å². The summed E-state index contributed by atoms with van der Waals surface area (Å²) in [5.41, 5.74) is 23.6. The van der Waals surface area contributed by atoms with Gasteiger partial charge in [-0.3, -0.25) is 0 Å². The summed E-state index contributed by atoms with van der Waals surface area (Å²) in [6.45, 7) is 2.24. The first kappa shape index (κ1) is 40.3. The molecule has 6 heteroatoms. The molecule has 332 valence electrons. The topological polar surface area (TPSA) is 9.72 Å². The molecule has 0 radical (unpaired) electrons. The van der Waals surface area contributed by atoms with Crippen molar-refractivity contribution < 1.29 is 0 Å². The molecule has 0 aliphatic carbocycles. The van der Waals surface area contributed by atoms with E-state index >= 15 is 0 Å². The van der Waals surface area contributed by atoms with Gasteiger partial charge in [-0.15, -0.1) is 22.7 Å². The molecule has 0 fully saturated rings. The normalized spacial score (nSPS) is 14.4. The quantitative estimate of drug-likeness (QED) is 0.154. The average Bonchev–Trinajstić information content (AvgIpc) is 4.02. The predicted molar refractivity (Wildman–Crippen MR) is 302 cm³/mol. The fraction of sp³-hybridized carbons (Fsp3) is 0.0938. The van der Waals surface area contributed by atoms with Gasteiger partial charge in [-0.05, 0) is 135 Å². The van der Waals surface area contributed by atoms with Crippen molar-refractivity contribution in [1.82, 2.24) is 0 Å². The third kappa shape index (κ3) is 6.13. The van der Waals surface area contributed by atoms with Crippen LogP contribution in [-0.2, 0) is 12.8 Å². The Morgan fingerprint density at radius 2 is 0.700 bits per heavy atom. The monoisotopic (exact) mass is 931 g/mol. The fourth-order valence-electron chi connectivity index (χ4n) is 12.5. The smallest absolute Gasteiger partial charge is 0.277 e. The van der Waals surface area contributed by atoms with Gasteiger partial charge in [0.2, 0.25) is 0 Å². The molecule has 15 rings (SSSR count). The molecule has 0 amide bonds. The van der Waals surface area contributed by atoms with Gasteiger partial charge >= 0.3 is 0 Å². The Kier molecular flexibility index (Phi) is 9.18. The molecule has 4 aliphatic rings. The van der Waals surface area contributed by atoms with E-state index in [1.165, 1.54) is 131 Å². The van der Waals surface area contributed by atoms with E-state index < -0.39 is 0 Å². The highest BCUT2D eigenvalue weighted by Crippen LogP contribution is 2.57. The van der Waals surface area contributed by atoms with Gasteiger partial charge in [-0.25, -0.2) is 0 Å². The maximum absolute atomic E-state index is 2.77. The van der Waals surface area contributed by atoms with Crippen molar-refractivity contribution in [1.29, 1.82) is 0 Å². The number of rotatable bonds is 6. The molecule has 0 saturated carbocycles. The van der Waals surface area contributed by atoms with Crippen LogP contribution in [-0.4, -0.2) is 19.8 Å². The number of fused-ring (bicyclic) bond motifs is 10. The molecule has 4 aliphatic heterocycles. The highest BCUT2D eigenvalue weighted by molar-refractivity contribution is 7.40. The highest BCUT2D eigenvalue weighted by atomic mass is 32.1. The second kappa shape index (κ2) is 16.0. The Bertz CT molecular complexity index is 3500. The Hall–Kier alpha value is -7.64. The first-order valence-corrected chi connectivity index (χ1v) is 26.5. The van der Waals surface area contributed by atoms with Gasteiger partial charge < -0.3 is 14.7 Å². The Morgan fingerprint density at radius 1 is 0.343 bits per heavy atom. The van der Waals surface area contributed by atoms with Crippen LogP contribution in [0.5, 0.6) is 0 Å². The van der Waals surface area contributed by atoms with E-state index in [-0.39, 0.29) is 6.71 Å². The fourth-order valence-corrected chi connectivity index (χ4v) is 15.2. The summed E-state index contributed by atoms with van der Waals surface area (Å²) >= 11 is 4.02. The first-order chi connectivity index (χ1) is 34.7. The maximum Gasteiger partial charge on any atom is 0.277 e. The number of thiophene rings is 2. The second-order valence-electron chi connectivity index (χ2n) is 19.3. The SMILES string of the molecule is c1ccc(-c2cc(-c3ccccc3)cc(N3c4c5c6c(c7c4B(c4sc8ccccc8c43)c3sc4ccccc4c3N7c3cc(-c4ccccc4)cc(-c4ccccc4)c3)CCCN6CCC5)c2)cc1. The predicted octanol–water partition coefficient (Wildman–Crippen LogP) is 15.6. The lowest BCUT2D eigenvalue weighted by Gasteiger charge is -2.48. The molecule has 9 aromatic carbocycles. The summed E-state index contributed by atoms with van der Waals surface area (Å²) in [6, 6.07) is 77.2. The molecular weight excluding hydrogens is 886 g/mol. The Morgan fingerprint density at radius 3 is 1.09 bits per heavy atom. The van der Waals surface area contributed by atoms with Gasteiger partial charge in [-0.1, -0.05) is 158 Å². The Labute approximate surface area is 417 Å². The van der Waals surface area contributed by atoms with Gasteiger partial charge in [0.15, 0.2) is 0 Å². The molecular formula is C64H46BN3S2. The third-order valence-corrected chi connectivity index (χ3v) is 17.8. The average molecular weight is 932 g/mol. The van der Waals surface area contributed by atoms with Crippen LogP contribution in [0.4, 0.5) is 39.8 Å². The van der Waals surface area contributed by atoms with E-state index in [1.807, 2.05) is 22.7 Å². The number of hydrogen-bond donors (Lipinski definition) is 0. The van der Waals surface area contributed by atoms with E-state index in [4.69, 9.17) is 0 Å². The largest absolute Gasteiger partial charge is 0.371 e. The van der Waals surface area contributed by atoms with E-state index in [0.29, 0.717) is 0 Å². The molecule has 6 heterocycles. The standard InChI is InChI=1S/C64H46BN3S2/c1-5-19-41(20-6-1)45-35-46(42-21-7-2-8-22-42)38-49(37-45)67-59-53-29-17-33-66-34-18-30-54(58(53)66)60-57(59)65(63-61(67)51-27-13-15-31-55(51)69-63)64-62(52-28-14-16-32-56(52)70-64)68(60)50-39-47(43-23-9-3-10-24-43)36-48(40-50)44-25-11-4-12-26-44/h1-16,19-28,31-32,35-40H,17-18,29-30,33-34H2. The van der Waals surface area contributed by atoms with Gasteiger partial charge in [0.1, 0.15) is 0 Å². The summed E-state index contributed by atoms with van der Waals surface area (Å²) in [5, 5.41) is 2.65. The molecule has 3 nitrogen and oxygen atoms in total. The van der Waals surface area contributed by atoms with Crippen LogP contribution in [0.2, 0.25) is 0 Å². The van der Waals surface area contributed by atoms with Crippen molar-refractivity contribution in [2.75, 3.05) is 27.8 Å². The van der Waals surface area contributed by atoms with Gasteiger partial charge in [0.05, 0.1) is 11.4 Å². The lowest BCUT2D eigenvalue weighted by atomic mass is 9.38. The lowest BCUT2D eigenvalue weighted by Crippen LogP contribution is -2.60. The molecule has 70 heavy (non-hydrogen) atoms. The molecule has 0 spiro atoms. The van der Waals surface area contributed by atoms with Gasteiger partial charge in [0, 0.05) is 71.3 Å². The zero-order valence-corrected chi connectivity index (χ0v) is 40.2. The van der Waals surface area contributed by atoms with Crippen molar-refractivity contribution in [2.45, 2.75) is 25.7 Å². The first-order valence-electron chi connectivity index (χ1n) is 24.8. The molecule has 11 aromatic rings. The summed E-state index contributed by atoms with van der Waals surface area (Å²) < 4.78 is 5.55. The molecule has 2 aromatic heterocycles.